The number of rotatable bonds is 0. The third kappa shape index (κ3) is 1.12. The fourth-order valence-corrected chi connectivity index (χ4v) is 2.26. The Morgan fingerprint density at radius 2 is 2.12 bits per heavy atom. The molecule has 0 radical (unpaired) electrons. The Balaban J connectivity index is 2.25. The summed E-state index contributed by atoms with van der Waals surface area (Å²) in [6.07, 6.45) is 5.42. The highest BCUT2D eigenvalue weighted by Crippen LogP contribution is 2.26. The van der Waals surface area contributed by atoms with E-state index in [-0.39, 0.29) is 0 Å². The number of hydrogen-bond donors (Lipinski definition) is 0. The average molecular weight is 223 g/mol. The van der Waals surface area contributed by atoms with Crippen molar-refractivity contribution < 1.29 is 4.74 Å². The van der Waals surface area contributed by atoms with Gasteiger partial charge in [0.05, 0.1) is 17.2 Å². The van der Waals surface area contributed by atoms with Crippen molar-refractivity contribution in [2.45, 2.75) is 6.61 Å². The van der Waals surface area contributed by atoms with Crippen LogP contribution in [-0.2, 0) is 11.3 Å². The molecule has 0 fully saturated rings. The number of imidazole rings is 1. The van der Waals surface area contributed by atoms with Gasteiger partial charge in [0.25, 0.3) is 0 Å². The maximum absolute atomic E-state index is 5.25. The summed E-state index contributed by atoms with van der Waals surface area (Å²) in [5.41, 5.74) is 3.00. The third-order valence-electron chi connectivity index (χ3n) is 3.01. The highest BCUT2D eigenvalue weighted by Gasteiger charge is 2.14. The maximum Gasteiger partial charge on any atom is 0.152 e. The highest BCUT2D eigenvalue weighted by molar-refractivity contribution is 6.03. The van der Waals surface area contributed by atoms with Gasteiger partial charge < -0.3 is 4.74 Å². The smallest absolute Gasteiger partial charge is 0.152 e. The lowest BCUT2D eigenvalue weighted by Gasteiger charge is -2.09. The second kappa shape index (κ2) is 3.07. The van der Waals surface area contributed by atoms with Crippen LogP contribution in [0, 0.1) is 0 Å². The van der Waals surface area contributed by atoms with E-state index in [1.165, 1.54) is 0 Å². The molecule has 2 aromatic heterocycles. The van der Waals surface area contributed by atoms with Crippen molar-refractivity contribution in [2.24, 2.45) is 0 Å². The van der Waals surface area contributed by atoms with Gasteiger partial charge in [-0.25, -0.2) is 4.98 Å². The van der Waals surface area contributed by atoms with Crippen LogP contribution in [0.4, 0.5) is 0 Å². The molecule has 0 amide bonds. The SMILES string of the molecule is C1=Cn2c(nc3cnc4ccccc4c32)CO1. The van der Waals surface area contributed by atoms with Crippen LogP contribution in [0.1, 0.15) is 5.82 Å². The van der Waals surface area contributed by atoms with Crippen molar-refractivity contribution in [3.8, 4) is 0 Å². The van der Waals surface area contributed by atoms with Crippen molar-refractivity contribution in [2.75, 3.05) is 0 Å². The number of pyridine rings is 1. The van der Waals surface area contributed by atoms with E-state index in [0.717, 1.165) is 27.8 Å². The first-order chi connectivity index (χ1) is 8.43. The zero-order chi connectivity index (χ0) is 11.2. The number of benzene rings is 1. The van der Waals surface area contributed by atoms with Gasteiger partial charge in [-0.05, 0) is 6.07 Å². The van der Waals surface area contributed by atoms with Crippen molar-refractivity contribution in [3.63, 3.8) is 0 Å². The minimum Gasteiger partial charge on any atom is -0.492 e. The van der Waals surface area contributed by atoms with Crippen LogP contribution in [0.5, 0.6) is 0 Å². The maximum atomic E-state index is 5.25. The van der Waals surface area contributed by atoms with Crippen LogP contribution in [0.2, 0.25) is 0 Å². The standard InChI is InChI=1S/C13H9N3O/c1-2-4-10-9(3-1)13-11(7-14-10)15-12-8-17-6-5-16(12)13/h1-7H,8H2. The minimum atomic E-state index is 0.513. The number of hydrogen-bond acceptors (Lipinski definition) is 3. The quantitative estimate of drug-likeness (QED) is 0.588. The Bertz CT molecular complexity index is 758. The molecule has 3 heterocycles. The minimum absolute atomic E-state index is 0.513. The number of fused-ring (bicyclic) bond motifs is 5. The highest BCUT2D eigenvalue weighted by atomic mass is 16.5. The van der Waals surface area contributed by atoms with Gasteiger partial charge in [0, 0.05) is 11.6 Å². The predicted molar refractivity (Wildman–Crippen MR) is 65.2 cm³/mol. The van der Waals surface area contributed by atoms with Crippen LogP contribution < -0.4 is 0 Å². The van der Waals surface area contributed by atoms with E-state index in [2.05, 4.69) is 20.6 Å². The van der Waals surface area contributed by atoms with E-state index < -0.39 is 0 Å². The molecule has 3 aromatic rings. The lowest BCUT2D eigenvalue weighted by molar-refractivity contribution is 0.221. The Labute approximate surface area is 97.2 Å². The van der Waals surface area contributed by atoms with Crippen LogP contribution in [0.15, 0.2) is 36.7 Å². The first-order valence-corrected chi connectivity index (χ1v) is 5.46. The summed E-state index contributed by atoms with van der Waals surface area (Å²) < 4.78 is 7.33. The summed E-state index contributed by atoms with van der Waals surface area (Å²) in [7, 11) is 0. The monoisotopic (exact) mass is 223 g/mol. The summed E-state index contributed by atoms with van der Waals surface area (Å²) >= 11 is 0. The van der Waals surface area contributed by atoms with Crippen LogP contribution in [-0.4, -0.2) is 14.5 Å². The van der Waals surface area contributed by atoms with E-state index in [1.807, 2.05) is 30.6 Å². The molecule has 0 unspecified atom stereocenters. The van der Waals surface area contributed by atoms with Gasteiger partial charge in [0.2, 0.25) is 0 Å². The van der Waals surface area contributed by atoms with Crippen LogP contribution in [0.3, 0.4) is 0 Å². The Hall–Kier alpha value is -2.36. The molecule has 1 aliphatic heterocycles. The predicted octanol–water partition coefficient (Wildman–Crippen LogP) is 2.54. The summed E-state index contributed by atoms with van der Waals surface area (Å²) in [5, 5.41) is 1.12. The molecule has 1 aromatic carbocycles. The topological polar surface area (TPSA) is 39.9 Å². The molecule has 17 heavy (non-hydrogen) atoms. The lowest BCUT2D eigenvalue weighted by Crippen LogP contribution is -2.02. The van der Waals surface area contributed by atoms with E-state index in [4.69, 9.17) is 4.74 Å². The first-order valence-electron chi connectivity index (χ1n) is 5.46. The fraction of sp³-hybridized carbons (Fsp3) is 0.0769. The average Bonchev–Trinajstić information content (AvgIpc) is 2.77. The molecule has 4 rings (SSSR count). The van der Waals surface area contributed by atoms with Gasteiger partial charge in [-0.2, -0.15) is 0 Å². The van der Waals surface area contributed by atoms with Gasteiger partial charge >= 0.3 is 0 Å². The molecule has 0 aliphatic carbocycles. The number of para-hydroxylation sites is 1. The molecule has 82 valence electrons. The van der Waals surface area contributed by atoms with Gasteiger partial charge in [0.15, 0.2) is 5.82 Å². The second-order valence-corrected chi connectivity index (χ2v) is 4.00. The Morgan fingerprint density at radius 3 is 3.12 bits per heavy atom. The van der Waals surface area contributed by atoms with Crippen molar-refractivity contribution in [1.82, 2.24) is 14.5 Å². The molecule has 4 nitrogen and oxygen atoms in total. The van der Waals surface area contributed by atoms with Gasteiger partial charge in [-0.1, -0.05) is 18.2 Å². The van der Waals surface area contributed by atoms with Crippen LogP contribution >= 0.6 is 0 Å². The lowest BCUT2D eigenvalue weighted by atomic mass is 10.2. The van der Waals surface area contributed by atoms with Crippen molar-refractivity contribution in [1.29, 1.82) is 0 Å². The van der Waals surface area contributed by atoms with E-state index >= 15 is 0 Å². The second-order valence-electron chi connectivity index (χ2n) is 4.00. The molecule has 1 aliphatic rings. The Morgan fingerprint density at radius 1 is 1.18 bits per heavy atom. The number of aromatic nitrogens is 3. The summed E-state index contributed by atoms with van der Waals surface area (Å²) in [5.74, 6) is 0.917. The number of nitrogens with zero attached hydrogens (tertiary/aromatic N) is 3. The first kappa shape index (κ1) is 8.75. The molecule has 0 spiro atoms. The molecule has 0 N–H and O–H groups in total. The molecule has 0 saturated carbocycles. The molecule has 0 saturated heterocycles. The number of ether oxygens (including phenoxy) is 1. The summed E-state index contributed by atoms with van der Waals surface area (Å²) in [6, 6.07) is 8.10. The fourth-order valence-electron chi connectivity index (χ4n) is 2.26. The molecule has 0 atom stereocenters. The van der Waals surface area contributed by atoms with Gasteiger partial charge in [0.1, 0.15) is 18.4 Å². The summed E-state index contributed by atoms with van der Waals surface area (Å²) in [6.45, 7) is 0.513. The molecular weight excluding hydrogens is 214 g/mol. The van der Waals surface area contributed by atoms with Crippen LogP contribution in [0.25, 0.3) is 28.1 Å². The summed E-state index contributed by atoms with van der Waals surface area (Å²) in [4.78, 5) is 8.94. The third-order valence-corrected chi connectivity index (χ3v) is 3.01. The van der Waals surface area contributed by atoms with E-state index in [1.54, 1.807) is 6.26 Å². The molecule has 4 heteroatoms. The Kier molecular flexibility index (Phi) is 1.58. The van der Waals surface area contributed by atoms with Crippen molar-refractivity contribution in [3.05, 3.63) is 42.5 Å². The van der Waals surface area contributed by atoms with Crippen molar-refractivity contribution >= 4 is 28.1 Å². The molecule has 0 bridgehead atoms. The van der Waals surface area contributed by atoms with Gasteiger partial charge in [-0.3, -0.25) is 9.55 Å². The molecular formula is C13H9N3O. The zero-order valence-electron chi connectivity index (χ0n) is 9.00. The zero-order valence-corrected chi connectivity index (χ0v) is 9.00. The van der Waals surface area contributed by atoms with E-state index in [9.17, 15) is 0 Å². The van der Waals surface area contributed by atoms with E-state index in [0.29, 0.717) is 6.61 Å². The van der Waals surface area contributed by atoms with Gasteiger partial charge in [-0.15, -0.1) is 0 Å². The largest absolute Gasteiger partial charge is 0.492 e. The normalized spacial score (nSPS) is 13.9.